The number of thiophene rings is 1. The Morgan fingerprint density at radius 2 is 2.23 bits per heavy atom. The van der Waals surface area contributed by atoms with Crippen molar-refractivity contribution in [3.05, 3.63) is 45.7 Å². The van der Waals surface area contributed by atoms with Gasteiger partial charge in [-0.3, -0.25) is 14.0 Å². The summed E-state index contributed by atoms with van der Waals surface area (Å²) in [6, 6.07) is 7.08. The van der Waals surface area contributed by atoms with Gasteiger partial charge in [0.25, 0.3) is 11.5 Å². The van der Waals surface area contributed by atoms with Crippen molar-refractivity contribution in [1.82, 2.24) is 14.3 Å². The van der Waals surface area contributed by atoms with Crippen molar-refractivity contribution in [2.45, 2.75) is 19.8 Å². The number of fused-ring (bicyclic) bond motifs is 2. The van der Waals surface area contributed by atoms with Gasteiger partial charge >= 0.3 is 0 Å². The molecule has 0 aliphatic heterocycles. The van der Waals surface area contributed by atoms with Crippen LogP contribution in [0.15, 0.2) is 35.3 Å². The van der Waals surface area contributed by atoms with E-state index in [1.165, 1.54) is 15.7 Å². The number of hydrogen-bond donors (Lipinski definition) is 0. The summed E-state index contributed by atoms with van der Waals surface area (Å²) in [4.78, 5) is 32.2. The van der Waals surface area contributed by atoms with Crippen LogP contribution in [-0.2, 0) is 0 Å². The molecule has 0 saturated carbocycles. The fraction of sp³-hybridized carbons (Fsp3) is 0.312. The summed E-state index contributed by atoms with van der Waals surface area (Å²) in [5.41, 5.74) is 0.465. The average molecular weight is 315 g/mol. The summed E-state index contributed by atoms with van der Waals surface area (Å²) in [6.45, 7) is 2.81. The van der Waals surface area contributed by atoms with Crippen LogP contribution < -0.4 is 5.56 Å². The van der Waals surface area contributed by atoms with Crippen LogP contribution in [-0.4, -0.2) is 33.8 Å². The lowest BCUT2D eigenvalue weighted by Crippen LogP contribution is -2.26. The summed E-state index contributed by atoms with van der Waals surface area (Å²) in [5, 5.41) is 0.501. The van der Waals surface area contributed by atoms with Crippen molar-refractivity contribution in [2.24, 2.45) is 0 Å². The van der Waals surface area contributed by atoms with Crippen molar-refractivity contribution in [3.63, 3.8) is 0 Å². The lowest BCUT2D eigenvalue weighted by atomic mass is 10.3. The molecule has 3 aromatic rings. The van der Waals surface area contributed by atoms with Crippen LogP contribution in [0.1, 0.15) is 29.4 Å². The smallest absolute Gasteiger partial charge is 0.266 e. The Bertz CT molecular complexity index is 897. The van der Waals surface area contributed by atoms with Gasteiger partial charge in [-0.2, -0.15) is 0 Å². The number of amides is 1. The van der Waals surface area contributed by atoms with Crippen LogP contribution >= 0.6 is 11.3 Å². The van der Waals surface area contributed by atoms with Gasteiger partial charge < -0.3 is 4.90 Å². The molecular formula is C16H17N3O2S. The molecule has 3 heterocycles. The van der Waals surface area contributed by atoms with E-state index in [1.54, 1.807) is 36.3 Å². The van der Waals surface area contributed by atoms with Gasteiger partial charge in [-0.05, 0) is 24.6 Å². The normalized spacial score (nSPS) is 11.2. The van der Waals surface area contributed by atoms with Crippen LogP contribution in [0.5, 0.6) is 0 Å². The number of pyridine rings is 1. The number of nitrogens with zero attached hydrogens (tertiary/aromatic N) is 3. The first-order valence-corrected chi connectivity index (χ1v) is 8.10. The highest BCUT2D eigenvalue weighted by Crippen LogP contribution is 2.23. The third kappa shape index (κ3) is 2.50. The molecule has 0 N–H and O–H groups in total. The molecule has 0 aliphatic carbocycles. The maximum Gasteiger partial charge on any atom is 0.266 e. The van der Waals surface area contributed by atoms with Crippen molar-refractivity contribution in [1.29, 1.82) is 0 Å². The van der Waals surface area contributed by atoms with E-state index in [0.29, 0.717) is 20.7 Å². The fourth-order valence-corrected chi connectivity index (χ4v) is 3.36. The molecule has 0 aliphatic rings. The maximum absolute atomic E-state index is 12.5. The molecule has 5 nitrogen and oxygen atoms in total. The molecular weight excluding hydrogens is 298 g/mol. The zero-order valence-electron chi connectivity index (χ0n) is 12.6. The Balaban J connectivity index is 2.06. The molecule has 0 unspecified atom stereocenters. The Labute approximate surface area is 131 Å². The summed E-state index contributed by atoms with van der Waals surface area (Å²) < 4.78 is 1.50. The first-order valence-electron chi connectivity index (χ1n) is 7.28. The zero-order valence-corrected chi connectivity index (χ0v) is 13.4. The molecule has 0 bridgehead atoms. The highest BCUT2D eigenvalue weighted by Gasteiger charge is 2.17. The average Bonchev–Trinajstić information content (AvgIpc) is 2.96. The maximum atomic E-state index is 12.5. The summed E-state index contributed by atoms with van der Waals surface area (Å²) in [5.74, 6) is -0.0510. The van der Waals surface area contributed by atoms with E-state index in [2.05, 4.69) is 11.9 Å². The Kier molecular flexibility index (Phi) is 3.94. The van der Waals surface area contributed by atoms with Crippen LogP contribution in [0.25, 0.3) is 15.9 Å². The SMILES string of the molecule is CCCCN(C)C(=O)c1cc2c(=O)n3ccccc3nc2s1. The lowest BCUT2D eigenvalue weighted by Gasteiger charge is -2.15. The molecule has 0 atom stereocenters. The topological polar surface area (TPSA) is 54.7 Å². The third-order valence-corrected chi connectivity index (χ3v) is 4.64. The minimum atomic E-state index is -0.132. The number of unbranched alkanes of at least 4 members (excludes halogenated alkanes) is 1. The molecule has 0 aromatic carbocycles. The molecule has 3 rings (SSSR count). The standard InChI is InChI=1S/C16H17N3O2S/c1-3-4-8-18(2)16(21)12-10-11-14(22-12)17-13-7-5-6-9-19(13)15(11)20/h5-7,9-10H,3-4,8H2,1-2H3. The molecule has 0 fully saturated rings. The molecule has 114 valence electrons. The predicted octanol–water partition coefficient (Wildman–Crippen LogP) is 2.78. The van der Waals surface area contributed by atoms with Gasteiger partial charge in [-0.15, -0.1) is 11.3 Å². The van der Waals surface area contributed by atoms with Crippen molar-refractivity contribution in [3.8, 4) is 0 Å². The first kappa shape index (κ1) is 14.7. The van der Waals surface area contributed by atoms with Crippen LogP contribution in [0, 0.1) is 0 Å². The largest absolute Gasteiger partial charge is 0.341 e. The second-order valence-corrected chi connectivity index (χ2v) is 6.29. The molecule has 0 radical (unpaired) electrons. The second-order valence-electron chi connectivity index (χ2n) is 5.26. The zero-order chi connectivity index (χ0) is 15.7. The molecule has 1 amide bonds. The quantitative estimate of drug-likeness (QED) is 0.744. The number of carbonyl (C=O) groups excluding carboxylic acids is 1. The molecule has 3 aromatic heterocycles. The van der Waals surface area contributed by atoms with E-state index in [4.69, 9.17) is 0 Å². The van der Waals surface area contributed by atoms with Crippen LogP contribution in [0.3, 0.4) is 0 Å². The van der Waals surface area contributed by atoms with Gasteiger partial charge in [0, 0.05) is 19.8 Å². The van der Waals surface area contributed by atoms with Crippen molar-refractivity contribution < 1.29 is 4.79 Å². The second kappa shape index (κ2) is 5.88. The van der Waals surface area contributed by atoms with E-state index in [-0.39, 0.29) is 11.5 Å². The molecule has 0 spiro atoms. The minimum absolute atomic E-state index is 0.0510. The predicted molar refractivity (Wildman–Crippen MR) is 88.7 cm³/mol. The summed E-state index contributed by atoms with van der Waals surface area (Å²) in [6.07, 6.45) is 3.70. The van der Waals surface area contributed by atoms with Crippen LogP contribution in [0.4, 0.5) is 0 Å². The van der Waals surface area contributed by atoms with Crippen LogP contribution in [0.2, 0.25) is 0 Å². The molecule has 6 heteroatoms. The Morgan fingerprint density at radius 1 is 1.41 bits per heavy atom. The van der Waals surface area contributed by atoms with E-state index in [0.717, 1.165) is 19.4 Å². The Morgan fingerprint density at radius 3 is 3.00 bits per heavy atom. The van der Waals surface area contributed by atoms with E-state index in [1.807, 2.05) is 6.07 Å². The van der Waals surface area contributed by atoms with Gasteiger partial charge in [0.05, 0.1) is 10.3 Å². The van der Waals surface area contributed by atoms with Gasteiger partial charge in [0.15, 0.2) is 0 Å². The van der Waals surface area contributed by atoms with E-state index < -0.39 is 0 Å². The number of carbonyl (C=O) groups is 1. The highest BCUT2D eigenvalue weighted by molar-refractivity contribution is 7.20. The molecule has 0 saturated heterocycles. The third-order valence-electron chi connectivity index (χ3n) is 3.62. The monoisotopic (exact) mass is 315 g/mol. The van der Waals surface area contributed by atoms with Crippen molar-refractivity contribution in [2.75, 3.05) is 13.6 Å². The molecule has 22 heavy (non-hydrogen) atoms. The number of aromatic nitrogens is 2. The minimum Gasteiger partial charge on any atom is -0.341 e. The Hall–Kier alpha value is -2.21. The lowest BCUT2D eigenvalue weighted by molar-refractivity contribution is 0.0798. The first-order chi connectivity index (χ1) is 10.6. The summed E-state index contributed by atoms with van der Waals surface area (Å²) in [7, 11) is 1.79. The van der Waals surface area contributed by atoms with Gasteiger partial charge in [0.2, 0.25) is 0 Å². The van der Waals surface area contributed by atoms with Gasteiger partial charge in [0.1, 0.15) is 10.5 Å². The van der Waals surface area contributed by atoms with E-state index >= 15 is 0 Å². The highest BCUT2D eigenvalue weighted by atomic mass is 32.1. The van der Waals surface area contributed by atoms with E-state index in [9.17, 15) is 9.59 Å². The van der Waals surface area contributed by atoms with Gasteiger partial charge in [-0.1, -0.05) is 19.4 Å². The number of hydrogen-bond acceptors (Lipinski definition) is 4. The summed E-state index contributed by atoms with van der Waals surface area (Å²) >= 11 is 1.28. The van der Waals surface area contributed by atoms with Crippen molar-refractivity contribution >= 4 is 33.1 Å². The van der Waals surface area contributed by atoms with Gasteiger partial charge in [-0.25, -0.2) is 4.98 Å². The fourth-order valence-electron chi connectivity index (χ4n) is 2.34. The number of rotatable bonds is 4.